The Balaban J connectivity index is 1.94. The number of hydrogen-bond acceptors (Lipinski definition) is 2. The van der Waals surface area contributed by atoms with Crippen molar-refractivity contribution in [3.05, 3.63) is 35.4 Å². The average Bonchev–Trinajstić information content (AvgIpc) is 2.27. The molecule has 1 fully saturated rings. The molecule has 96 valence electrons. The van der Waals surface area contributed by atoms with Crippen LogP contribution in [0.15, 0.2) is 24.3 Å². The zero-order chi connectivity index (χ0) is 13.3. The molecule has 1 heterocycles. The van der Waals surface area contributed by atoms with Gasteiger partial charge in [-0.1, -0.05) is 17.7 Å². The fraction of sp³-hybridized carbons (Fsp3) is 0.429. The van der Waals surface area contributed by atoms with Crippen molar-refractivity contribution in [2.75, 3.05) is 27.2 Å². The van der Waals surface area contributed by atoms with E-state index in [9.17, 15) is 9.59 Å². The Kier molecular flexibility index (Phi) is 3.36. The van der Waals surface area contributed by atoms with E-state index >= 15 is 0 Å². The standard InChI is InChI=1S/C14H18N2O2/c1-10-4-6-11(7-5-10)14(18)16-8-12(9-16)13(17)15(2)3/h4-7,12H,8-9H2,1-3H3. The number of likely N-dealkylation sites (tertiary alicyclic amines) is 1. The van der Waals surface area contributed by atoms with Crippen LogP contribution in [0.4, 0.5) is 0 Å². The van der Waals surface area contributed by atoms with Crippen LogP contribution in [0.1, 0.15) is 15.9 Å². The first-order valence-corrected chi connectivity index (χ1v) is 6.06. The number of carbonyl (C=O) groups excluding carboxylic acids is 2. The van der Waals surface area contributed by atoms with Crippen molar-refractivity contribution in [3.63, 3.8) is 0 Å². The van der Waals surface area contributed by atoms with E-state index in [4.69, 9.17) is 0 Å². The molecule has 2 rings (SSSR count). The molecule has 2 amide bonds. The van der Waals surface area contributed by atoms with Gasteiger partial charge in [-0.25, -0.2) is 0 Å². The molecule has 0 spiro atoms. The van der Waals surface area contributed by atoms with E-state index in [1.165, 1.54) is 0 Å². The molecular weight excluding hydrogens is 228 g/mol. The molecule has 0 aromatic heterocycles. The van der Waals surface area contributed by atoms with Crippen LogP contribution in [-0.2, 0) is 4.79 Å². The van der Waals surface area contributed by atoms with Gasteiger partial charge >= 0.3 is 0 Å². The number of aryl methyl sites for hydroxylation is 1. The van der Waals surface area contributed by atoms with E-state index in [-0.39, 0.29) is 17.7 Å². The van der Waals surface area contributed by atoms with Gasteiger partial charge in [0.05, 0.1) is 5.92 Å². The van der Waals surface area contributed by atoms with E-state index in [1.54, 1.807) is 23.9 Å². The Morgan fingerprint density at radius 3 is 2.22 bits per heavy atom. The van der Waals surface area contributed by atoms with Crippen molar-refractivity contribution < 1.29 is 9.59 Å². The number of amides is 2. The first-order valence-electron chi connectivity index (χ1n) is 6.06. The minimum Gasteiger partial charge on any atom is -0.348 e. The Bertz CT molecular complexity index is 459. The van der Waals surface area contributed by atoms with Gasteiger partial charge in [0.15, 0.2) is 0 Å². The Morgan fingerprint density at radius 1 is 1.17 bits per heavy atom. The monoisotopic (exact) mass is 246 g/mol. The molecule has 18 heavy (non-hydrogen) atoms. The minimum atomic E-state index is -0.0330. The maximum Gasteiger partial charge on any atom is 0.253 e. The zero-order valence-electron chi connectivity index (χ0n) is 11.0. The predicted octanol–water partition coefficient (Wildman–Crippen LogP) is 1.16. The maximum atomic E-state index is 12.1. The Morgan fingerprint density at radius 2 is 1.72 bits per heavy atom. The summed E-state index contributed by atoms with van der Waals surface area (Å²) in [7, 11) is 3.49. The second-order valence-corrected chi connectivity index (χ2v) is 5.01. The molecule has 1 aromatic carbocycles. The van der Waals surface area contributed by atoms with Gasteiger partial charge in [0, 0.05) is 32.7 Å². The number of rotatable bonds is 2. The highest BCUT2D eigenvalue weighted by Crippen LogP contribution is 2.20. The van der Waals surface area contributed by atoms with Crippen molar-refractivity contribution in [1.29, 1.82) is 0 Å². The molecule has 0 unspecified atom stereocenters. The van der Waals surface area contributed by atoms with Crippen LogP contribution in [0.25, 0.3) is 0 Å². The van der Waals surface area contributed by atoms with Crippen LogP contribution in [0.5, 0.6) is 0 Å². The summed E-state index contributed by atoms with van der Waals surface area (Å²) in [6.45, 7) is 3.05. The van der Waals surface area contributed by atoms with E-state index in [2.05, 4.69) is 0 Å². The third-order valence-corrected chi connectivity index (χ3v) is 3.26. The number of benzene rings is 1. The summed E-state index contributed by atoms with van der Waals surface area (Å²) in [6.07, 6.45) is 0. The maximum absolute atomic E-state index is 12.1. The minimum absolute atomic E-state index is 0.0119. The van der Waals surface area contributed by atoms with Crippen LogP contribution in [0, 0.1) is 12.8 Å². The zero-order valence-corrected chi connectivity index (χ0v) is 11.0. The topological polar surface area (TPSA) is 40.6 Å². The van der Waals surface area contributed by atoms with Gasteiger partial charge in [-0.3, -0.25) is 9.59 Å². The van der Waals surface area contributed by atoms with Crippen LogP contribution < -0.4 is 0 Å². The second-order valence-electron chi connectivity index (χ2n) is 5.01. The lowest BCUT2D eigenvalue weighted by Crippen LogP contribution is -2.55. The summed E-state index contributed by atoms with van der Waals surface area (Å²) in [5.74, 6) is 0.0789. The van der Waals surface area contributed by atoms with E-state index in [0.717, 1.165) is 5.56 Å². The fourth-order valence-corrected chi connectivity index (χ4v) is 2.04. The SMILES string of the molecule is Cc1ccc(C(=O)N2CC(C(=O)N(C)C)C2)cc1. The first-order chi connectivity index (χ1) is 8.49. The lowest BCUT2D eigenvalue weighted by atomic mass is 9.97. The average molecular weight is 246 g/mol. The van der Waals surface area contributed by atoms with Gasteiger partial charge in [0.1, 0.15) is 0 Å². The van der Waals surface area contributed by atoms with Crippen LogP contribution in [-0.4, -0.2) is 48.8 Å². The largest absolute Gasteiger partial charge is 0.348 e. The van der Waals surface area contributed by atoms with Gasteiger partial charge in [0.25, 0.3) is 5.91 Å². The molecule has 0 radical (unpaired) electrons. The molecule has 4 heteroatoms. The summed E-state index contributed by atoms with van der Waals surface area (Å²) in [5, 5.41) is 0. The van der Waals surface area contributed by atoms with Crippen molar-refractivity contribution in [2.24, 2.45) is 5.92 Å². The van der Waals surface area contributed by atoms with Crippen LogP contribution >= 0.6 is 0 Å². The highest BCUT2D eigenvalue weighted by molar-refractivity contribution is 5.96. The number of nitrogens with zero attached hydrogens (tertiary/aromatic N) is 2. The number of carbonyl (C=O) groups is 2. The Labute approximate surface area is 107 Å². The molecule has 0 saturated carbocycles. The van der Waals surface area contributed by atoms with Gasteiger partial charge in [-0.2, -0.15) is 0 Å². The van der Waals surface area contributed by atoms with Gasteiger partial charge in [-0.05, 0) is 19.1 Å². The molecule has 0 atom stereocenters. The highest BCUT2D eigenvalue weighted by atomic mass is 16.2. The van der Waals surface area contributed by atoms with Crippen molar-refractivity contribution in [2.45, 2.75) is 6.92 Å². The third kappa shape index (κ3) is 2.37. The van der Waals surface area contributed by atoms with E-state index in [0.29, 0.717) is 18.7 Å². The first kappa shape index (κ1) is 12.6. The summed E-state index contributed by atoms with van der Waals surface area (Å²) < 4.78 is 0. The molecule has 1 saturated heterocycles. The normalized spacial score (nSPS) is 15.2. The molecule has 1 aliphatic heterocycles. The highest BCUT2D eigenvalue weighted by Gasteiger charge is 2.36. The lowest BCUT2D eigenvalue weighted by Gasteiger charge is -2.39. The quantitative estimate of drug-likeness (QED) is 0.785. The van der Waals surface area contributed by atoms with Crippen molar-refractivity contribution in [3.8, 4) is 0 Å². The van der Waals surface area contributed by atoms with Crippen LogP contribution in [0.3, 0.4) is 0 Å². The molecular formula is C14H18N2O2. The van der Waals surface area contributed by atoms with Gasteiger partial charge in [0.2, 0.25) is 5.91 Å². The van der Waals surface area contributed by atoms with Crippen molar-refractivity contribution in [1.82, 2.24) is 9.80 Å². The molecule has 4 nitrogen and oxygen atoms in total. The summed E-state index contributed by atoms with van der Waals surface area (Å²) >= 11 is 0. The smallest absolute Gasteiger partial charge is 0.253 e. The number of hydrogen-bond donors (Lipinski definition) is 0. The van der Waals surface area contributed by atoms with Crippen LogP contribution in [0.2, 0.25) is 0 Å². The predicted molar refractivity (Wildman–Crippen MR) is 69.3 cm³/mol. The molecule has 0 N–H and O–H groups in total. The van der Waals surface area contributed by atoms with Crippen molar-refractivity contribution >= 4 is 11.8 Å². The fourth-order valence-electron chi connectivity index (χ4n) is 2.04. The van der Waals surface area contributed by atoms with E-state index < -0.39 is 0 Å². The van der Waals surface area contributed by atoms with E-state index in [1.807, 2.05) is 31.2 Å². The Hall–Kier alpha value is -1.84. The second kappa shape index (κ2) is 4.80. The lowest BCUT2D eigenvalue weighted by molar-refractivity contribution is -0.137. The summed E-state index contributed by atoms with van der Waals surface area (Å²) in [6, 6.07) is 7.52. The molecule has 0 bridgehead atoms. The summed E-state index contributed by atoms with van der Waals surface area (Å²) in [5.41, 5.74) is 1.83. The van der Waals surface area contributed by atoms with Gasteiger partial charge < -0.3 is 9.80 Å². The summed E-state index contributed by atoms with van der Waals surface area (Å²) in [4.78, 5) is 27.0. The third-order valence-electron chi connectivity index (χ3n) is 3.26. The molecule has 0 aliphatic carbocycles. The molecule has 1 aliphatic rings. The van der Waals surface area contributed by atoms with Gasteiger partial charge in [-0.15, -0.1) is 0 Å². The molecule has 1 aromatic rings.